The predicted octanol–water partition coefficient (Wildman–Crippen LogP) is 0.723. The first-order valence-electron chi connectivity index (χ1n) is 6.25. The summed E-state index contributed by atoms with van der Waals surface area (Å²) in [5, 5.41) is 16.1. The molecule has 1 aliphatic heterocycles. The van der Waals surface area contributed by atoms with Crippen molar-refractivity contribution in [3.63, 3.8) is 0 Å². The second-order valence-electron chi connectivity index (χ2n) is 4.83. The Labute approximate surface area is 107 Å². The molecule has 1 aromatic heterocycles. The molecule has 0 spiro atoms. The minimum Gasteiger partial charge on any atom is -0.480 e. The van der Waals surface area contributed by atoms with Gasteiger partial charge in [0.05, 0.1) is 0 Å². The van der Waals surface area contributed by atoms with Crippen LogP contribution in [0.25, 0.3) is 0 Å². The predicted molar refractivity (Wildman–Crippen MR) is 68.3 cm³/mol. The van der Waals surface area contributed by atoms with Crippen molar-refractivity contribution < 1.29 is 9.90 Å². The molecule has 2 rings (SSSR count). The summed E-state index contributed by atoms with van der Waals surface area (Å²) in [6.07, 6.45) is 5.16. The maximum Gasteiger partial charge on any atom is 0.328 e. The van der Waals surface area contributed by atoms with Gasteiger partial charge in [-0.1, -0.05) is 0 Å². The van der Waals surface area contributed by atoms with Gasteiger partial charge in [-0.15, -0.1) is 0 Å². The zero-order valence-electron chi connectivity index (χ0n) is 10.5. The van der Waals surface area contributed by atoms with E-state index < -0.39 is 11.5 Å². The van der Waals surface area contributed by atoms with E-state index in [9.17, 15) is 9.90 Å². The SMILES string of the molecule is CC(NC1CCNCC1)(C(=O)O)c1ccncc1. The first-order chi connectivity index (χ1) is 8.63. The summed E-state index contributed by atoms with van der Waals surface area (Å²) in [4.78, 5) is 15.5. The van der Waals surface area contributed by atoms with Crippen molar-refractivity contribution in [1.82, 2.24) is 15.6 Å². The van der Waals surface area contributed by atoms with Gasteiger partial charge in [0.15, 0.2) is 0 Å². The van der Waals surface area contributed by atoms with Gasteiger partial charge in [-0.3, -0.25) is 10.3 Å². The summed E-state index contributed by atoms with van der Waals surface area (Å²) < 4.78 is 0. The average molecular weight is 249 g/mol. The first kappa shape index (κ1) is 13.0. The highest BCUT2D eigenvalue weighted by molar-refractivity contribution is 5.80. The molecule has 2 heterocycles. The monoisotopic (exact) mass is 249 g/mol. The van der Waals surface area contributed by atoms with Gasteiger partial charge in [-0.05, 0) is 50.6 Å². The lowest BCUT2D eigenvalue weighted by atomic mass is 9.90. The molecule has 0 radical (unpaired) electrons. The largest absolute Gasteiger partial charge is 0.480 e. The van der Waals surface area contributed by atoms with Gasteiger partial charge in [0.1, 0.15) is 5.54 Å². The smallest absolute Gasteiger partial charge is 0.328 e. The van der Waals surface area contributed by atoms with E-state index in [0.29, 0.717) is 0 Å². The van der Waals surface area contributed by atoms with Gasteiger partial charge in [-0.2, -0.15) is 0 Å². The summed E-state index contributed by atoms with van der Waals surface area (Å²) in [7, 11) is 0. The summed E-state index contributed by atoms with van der Waals surface area (Å²) in [5.74, 6) is -0.854. The Morgan fingerprint density at radius 2 is 2.06 bits per heavy atom. The molecule has 1 fully saturated rings. The summed E-state index contributed by atoms with van der Waals surface area (Å²) in [6, 6.07) is 3.74. The van der Waals surface area contributed by atoms with Crippen LogP contribution in [0.3, 0.4) is 0 Å². The molecule has 0 aromatic carbocycles. The Kier molecular flexibility index (Phi) is 3.93. The molecule has 5 nitrogen and oxygen atoms in total. The highest BCUT2D eigenvalue weighted by atomic mass is 16.4. The Morgan fingerprint density at radius 1 is 1.44 bits per heavy atom. The lowest BCUT2D eigenvalue weighted by Gasteiger charge is -2.34. The number of pyridine rings is 1. The Hall–Kier alpha value is -1.46. The van der Waals surface area contributed by atoms with Gasteiger partial charge in [0, 0.05) is 18.4 Å². The first-order valence-corrected chi connectivity index (χ1v) is 6.25. The van der Waals surface area contributed by atoms with Crippen LogP contribution in [-0.2, 0) is 10.3 Å². The lowest BCUT2D eigenvalue weighted by Crippen LogP contribution is -2.53. The number of rotatable bonds is 4. The minimum absolute atomic E-state index is 0.237. The van der Waals surface area contributed by atoms with Gasteiger partial charge in [0.2, 0.25) is 0 Å². The fraction of sp³-hybridized carbons (Fsp3) is 0.538. The van der Waals surface area contributed by atoms with Crippen LogP contribution < -0.4 is 10.6 Å². The van der Waals surface area contributed by atoms with Crippen LogP contribution in [-0.4, -0.2) is 35.2 Å². The molecule has 98 valence electrons. The van der Waals surface area contributed by atoms with Crippen molar-refractivity contribution in [2.45, 2.75) is 31.3 Å². The number of aromatic nitrogens is 1. The van der Waals surface area contributed by atoms with E-state index in [2.05, 4.69) is 15.6 Å². The molecular weight excluding hydrogens is 230 g/mol. The van der Waals surface area contributed by atoms with Crippen molar-refractivity contribution >= 4 is 5.97 Å². The van der Waals surface area contributed by atoms with Crippen LogP contribution in [0.15, 0.2) is 24.5 Å². The molecule has 0 bridgehead atoms. The molecule has 1 saturated heterocycles. The topological polar surface area (TPSA) is 74.2 Å². The molecule has 0 amide bonds. The van der Waals surface area contributed by atoms with E-state index in [1.807, 2.05) is 0 Å². The standard InChI is InChI=1S/C13H19N3O2/c1-13(12(17)18,10-2-6-14-7-3-10)16-11-4-8-15-9-5-11/h2-3,6-7,11,15-16H,4-5,8-9H2,1H3,(H,17,18). The minimum atomic E-state index is -1.05. The Bertz CT molecular complexity index is 404. The van der Waals surface area contributed by atoms with E-state index >= 15 is 0 Å². The molecule has 1 aliphatic rings. The van der Waals surface area contributed by atoms with E-state index in [4.69, 9.17) is 0 Å². The molecule has 0 aliphatic carbocycles. The number of piperidine rings is 1. The van der Waals surface area contributed by atoms with Gasteiger partial charge in [-0.25, -0.2) is 4.79 Å². The highest BCUT2D eigenvalue weighted by Crippen LogP contribution is 2.22. The Balaban J connectivity index is 2.19. The van der Waals surface area contributed by atoms with E-state index in [-0.39, 0.29) is 6.04 Å². The van der Waals surface area contributed by atoms with Gasteiger partial charge >= 0.3 is 5.97 Å². The maximum absolute atomic E-state index is 11.6. The van der Waals surface area contributed by atoms with Crippen LogP contribution in [0.1, 0.15) is 25.3 Å². The zero-order chi connectivity index (χ0) is 13.0. The third-order valence-corrected chi connectivity index (χ3v) is 3.52. The summed E-state index contributed by atoms with van der Waals surface area (Å²) >= 11 is 0. The second kappa shape index (κ2) is 5.46. The third-order valence-electron chi connectivity index (χ3n) is 3.52. The van der Waals surface area contributed by atoms with Crippen molar-refractivity contribution in [2.75, 3.05) is 13.1 Å². The van der Waals surface area contributed by atoms with Crippen LogP contribution in [0.5, 0.6) is 0 Å². The number of nitrogens with zero attached hydrogens (tertiary/aromatic N) is 1. The van der Waals surface area contributed by atoms with Crippen LogP contribution in [0.2, 0.25) is 0 Å². The maximum atomic E-state index is 11.6. The Morgan fingerprint density at radius 3 is 2.61 bits per heavy atom. The number of hydrogen-bond acceptors (Lipinski definition) is 4. The van der Waals surface area contributed by atoms with Crippen LogP contribution >= 0.6 is 0 Å². The molecule has 1 aromatic rings. The second-order valence-corrected chi connectivity index (χ2v) is 4.83. The molecule has 1 atom stereocenters. The van der Waals surface area contributed by atoms with Crippen molar-refractivity contribution in [1.29, 1.82) is 0 Å². The fourth-order valence-electron chi connectivity index (χ4n) is 2.33. The molecule has 1 unspecified atom stereocenters. The average Bonchev–Trinajstić information content (AvgIpc) is 2.40. The number of carboxylic acids is 1. The zero-order valence-corrected chi connectivity index (χ0v) is 10.5. The van der Waals surface area contributed by atoms with Crippen molar-refractivity contribution in [3.8, 4) is 0 Å². The molecule has 3 N–H and O–H groups in total. The molecule has 18 heavy (non-hydrogen) atoms. The van der Waals surface area contributed by atoms with Gasteiger partial charge < -0.3 is 10.4 Å². The quantitative estimate of drug-likeness (QED) is 0.733. The van der Waals surface area contributed by atoms with E-state index in [1.54, 1.807) is 31.5 Å². The number of aliphatic carboxylic acids is 1. The van der Waals surface area contributed by atoms with Gasteiger partial charge in [0.25, 0.3) is 0 Å². The third kappa shape index (κ3) is 2.68. The van der Waals surface area contributed by atoms with Crippen LogP contribution in [0.4, 0.5) is 0 Å². The fourth-order valence-corrected chi connectivity index (χ4v) is 2.33. The molecular formula is C13H19N3O2. The van der Waals surface area contributed by atoms with Crippen molar-refractivity contribution in [3.05, 3.63) is 30.1 Å². The lowest BCUT2D eigenvalue weighted by molar-refractivity contribution is -0.145. The number of nitrogens with one attached hydrogen (secondary N) is 2. The number of carbonyl (C=O) groups is 1. The summed E-state index contributed by atoms with van der Waals surface area (Å²) in [5.41, 5.74) is -0.311. The summed E-state index contributed by atoms with van der Waals surface area (Å²) in [6.45, 7) is 3.58. The normalized spacial score (nSPS) is 20.3. The number of carboxylic acid groups (broad SMARTS) is 1. The molecule has 5 heteroatoms. The molecule has 0 saturated carbocycles. The number of hydrogen-bond donors (Lipinski definition) is 3. The van der Waals surface area contributed by atoms with Crippen molar-refractivity contribution in [2.24, 2.45) is 0 Å². The van der Waals surface area contributed by atoms with E-state index in [1.165, 1.54) is 0 Å². The van der Waals surface area contributed by atoms with Crippen LogP contribution in [0, 0.1) is 0 Å². The van der Waals surface area contributed by atoms with E-state index in [0.717, 1.165) is 31.5 Å². The highest BCUT2D eigenvalue weighted by Gasteiger charge is 2.37.